The summed E-state index contributed by atoms with van der Waals surface area (Å²) in [6, 6.07) is 1.43. The third-order valence-corrected chi connectivity index (χ3v) is 5.44. The van der Waals surface area contributed by atoms with Crippen LogP contribution in [0, 0.1) is 11.3 Å². The van der Waals surface area contributed by atoms with Crippen molar-refractivity contribution in [2.24, 2.45) is 11.3 Å². The van der Waals surface area contributed by atoms with Gasteiger partial charge < -0.3 is 10.2 Å². The molecule has 2 fully saturated rings. The molecular formula is C16H32N2. The highest BCUT2D eigenvalue weighted by molar-refractivity contribution is 4.91. The molecule has 1 aliphatic carbocycles. The predicted molar refractivity (Wildman–Crippen MR) is 78.9 cm³/mol. The first-order chi connectivity index (χ1) is 8.49. The van der Waals surface area contributed by atoms with E-state index in [1.54, 1.807) is 0 Å². The van der Waals surface area contributed by atoms with E-state index < -0.39 is 0 Å². The fraction of sp³-hybridized carbons (Fsp3) is 1.00. The van der Waals surface area contributed by atoms with Gasteiger partial charge >= 0.3 is 0 Å². The van der Waals surface area contributed by atoms with Gasteiger partial charge in [-0.15, -0.1) is 0 Å². The van der Waals surface area contributed by atoms with Crippen molar-refractivity contribution < 1.29 is 0 Å². The van der Waals surface area contributed by atoms with E-state index in [1.165, 1.54) is 51.6 Å². The Bertz CT molecular complexity index is 254. The van der Waals surface area contributed by atoms with Crippen LogP contribution in [-0.4, -0.2) is 37.1 Å². The summed E-state index contributed by atoms with van der Waals surface area (Å²) in [4.78, 5) is 2.47. The lowest BCUT2D eigenvalue weighted by Crippen LogP contribution is -2.51. The normalized spacial score (nSPS) is 32.3. The Morgan fingerprint density at radius 1 is 1.11 bits per heavy atom. The summed E-state index contributed by atoms with van der Waals surface area (Å²) in [6.07, 6.45) is 8.36. The molecule has 1 aliphatic heterocycles. The summed E-state index contributed by atoms with van der Waals surface area (Å²) >= 11 is 0. The topological polar surface area (TPSA) is 15.3 Å². The van der Waals surface area contributed by atoms with Crippen LogP contribution in [0.25, 0.3) is 0 Å². The van der Waals surface area contributed by atoms with Crippen LogP contribution in [0.15, 0.2) is 0 Å². The van der Waals surface area contributed by atoms with Gasteiger partial charge in [0.05, 0.1) is 0 Å². The van der Waals surface area contributed by atoms with Crippen LogP contribution in [0.5, 0.6) is 0 Å². The van der Waals surface area contributed by atoms with Crippen molar-refractivity contribution in [1.29, 1.82) is 0 Å². The van der Waals surface area contributed by atoms with Crippen molar-refractivity contribution in [1.82, 2.24) is 10.2 Å². The van der Waals surface area contributed by atoms with Gasteiger partial charge in [-0.1, -0.05) is 26.7 Å². The molecule has 0 radical (unpaired) electrons. The Labute approximate surface area is 114 Å². The van der Waals surface area contributed by atoms with Gasteiger partial charge in [0.25, 0.3) is 0 Å². The van der Waals surface area contributed by atoms with E-state index >= 15 is 0 Å². The van der Waals surface area contributed by atoms with Crippen molar-refractivity contribution in [3.05, 3.63) is 0 Å². The molecule has 1 heterocycles. The Hall–Kier alpha value is -0.0800. The monoisotopic (exact) mass is 252 g/mol. The quantitative estimate of drug-likeness (QED) is 0.829. The van der Waals surface area contributed by atoms with E-state index in [2.05, 4.69) is 38.0 Å². The standard InChI is InChI=1S/C16H32N2/c1-13(14-8-11-18(4)12-9-14)17-15-7-5-6-10-16(15,2)3/h13-15,17H,5-12H2,1-4H3. The largest absolute Gasteiger partial charge is 0.311 e. The number of likely N-dealkylation sites (tertiary alicyclic amines) is 1. The van der Waals surface area contributed by atoms with Gasteiger partial charge in [-0.25, -0.2) is 0 Å². The first-order valence-corrected chi connectivity index (χ1v) is 7.93. The Morgan fingerprint density at radius 2 is 1.78 bits per heavy atom. The second-order valence-corrected chi connectivity index (χ2v) is 7.38. The first kappa shape index (κ1) is 14.3. The SMILES string of the molecule is CC(NC1CCCCC1(C)C)C1CCN(C)CC1. The zero-order valence-electron chi connectivity index (χ0n) is 12.8. The molecule has 0 aromatic carbocycles. The molecular weight excluding hydrogens is 220 g/mol. The zero-order valence-corrected chi connectivity index (χ0v) is 12.8. The van der Waals surface area contributed by atoms with E-state index in [-0.39, 0.29) is 0 Å². The lowest BCUT2D eigenvalue weighted by atomic mass is 9.72. The molecule has 1 N–H and O–H groups in total. The molecule has 1 saturated heterocycles. The Morgan fingerprint density at radius 3 is 2.39 bits per heavy atom. The van der Waals surface area contributed by atoms with E-state index in [0.717, 1.165) is 12.0 Å². The van der Waals surface area contributed by atoms with Crippen LogP contribution in [0.4, 0.5) is 0 Å². The van der Waals surface area contributed by atoms with Crippen molar-refractivity contribution in [3.63, 3.8) is 0 Å². The third-order valence-electron chi connectivity index (χ3n) is 5.44. The number of nitrogens with one attached hydrogen (secondary N) is 1. The Balaban J connectivity index is 1.84. The van der Waals surface area contributed by atoms with Crippen LogP contribution >= 0.6 is 0 Å². The molecule has 2 rings (SSSR count). The average Bonchev–Trinajstić information content (AvgIpc) is 2.32. The number of piperidine rings is 1. The molecule has 1 saturated carbocycles. The van der Waals surface area contributed by atoms with Crippen LogP contribution < -0.4 is 5.32 Å². The molecule has 0 bridgehead atoms. The van der Waals surface area contributed by atoms with Crippen LogP contribution in [-0.2, 0) is 0 Å². The minimum absolute atomic E-state index is 0.498. The summed E-state index contributed by atoms with van der Waals surface area (Å²) < 4.78 is 0. The summed E-state index contributed by atoms with van der Waals surface area (Å²) in [5, 5.41) is 3.98. The maximum absolute atomic E-state index is 3.98. The van der Waals surface area contributed by atoms with Crippen molar-refractivity contribution in [2.75, 3.05) is 20.1 Å². The van der Waals surface area contributed by atoms with Gasteiger partial charge in [0.1, 0.15) is 0 Å². The smallest absolute Gasteiger partial charge is 0.0121 e. The maximum Gasteiger partial charge on any atom is 0.0121 e. The average molecular weight is 252 g/mol. The van der Waals surface area contributed by atoms with Crippen molar-refractivity contribution in [2.45, 2.75) is 71.4 Å². The summed E-state index contributed by atoms with van der Waals surface area (Å²) in [5.74, 6) is 0.888. The number of hydrogen-bond donors (Lipinski definition) is 1. The van der Waals surface area contributed by atoms with Gasteiger partial charge in [-0.3, -0.25) is 0 Å². The van der Waals surface area contributed by atoms with Crippen molar-refractivity contribution in [3.8, 4) is 0 Å². The minimum atomic E-state index is 0.498. The Kier molecular flexibility index (Phi) is 4.71. The molecule has 0 aromatic rings. The maximum atomic E-state index is 3.98. The predicted octanol–water partition coefficient (Wildman–Crippen LogP) is 3.28. The van der Waals surface area contributed by atoms with Gasteiger partial charge in [-0.2, -0.15) is 0 Å². The van der Waals surface area contributed by atoms with E-state index in [1.807, 2.05) is 0 Å². The minimum Gasteiger partial charge on any atom is -0.311 e. The lowest BCUT2D eigenvalue weighted by molar-refractivity contribution is 0.126. The van der Waals surface area contributed by atoms with Gasteiger partial charge in [0, 0.05) is 12.1 Å². The second kappa shape index (κ2) is 5.92. The van der Waals surface area contributed by atoms with E-state index in [9.17, 15) is 0 Å². The summed E-state index contributed by atoms with van der Waals surface area (Å²) in [6.45, 7) is 9.88. The van der Waals surface area contributed by atoms with Crippen LogP contribution in [0.2, 0.25) is 0 Å². The summed E-state index contributed by atoms with van der Waals surface area (Å²) in [7, 11) is 2.25. The van der Waals surface area contributed by atoms with Gasteiger partial charge in [-0.05, 0) is 64.1 Å². The molecule has 0 spiro atoms. The first-order valence-electron chi connectivity index (χ1n) is 7.93. The molecule has 2 nitrogen and oxygen atoms in total. The van der Waals surface area contributed by atoms with Crippen LogP contribution in [0.1, 0.15) is 59.3 Å². The van der Waals surface area contributed by atoms with E-state index in [4.69, 9.17) is 0 Å². The highest BCUT2D eigenvalue weighted by atomic mass is 15.1. The van der Waals surface area contributed by atoms with Gasteiger partial charge in [0.15, 0.2) is 0 Å². The fourth-order valence-corrected chi connectivity index (χ4v) is 3.78. The summed E-state index contributed by atoms with van der Waals surface area (Å²) in [5.41, 5.74) is 0.498. The van der Waals surface area contributed by atoms with E-state index in [0.29, 0.717) is 11.5 Å². The lowest BCUT2D eigenvalue weighted by Gasteiger charge is -2.43. The molecule has 18 heavy (non-hydrogen) atoms. The van der Waals surface area contributed by atoms with Gasteiger partial charge in [0.2, 0.25) is 0 Å². The fourth-order valence-electron chi connectivity index (χ4n) is 3.78. The number of nitrogens with zero attached hydrogens (tertiary/aromatic N) is 1. The zero-order chi connectivity index (χ0) is 13.2. The molecule has 2 atom stereocenters. The highest BCUT2D eigenvalue weighted by Gasteiger charge is 2.34. The third kappa shape index (κ3) is 3.48. The highest BCUT2D eigenvalue weighted by Crippen LogP contribution is 2.36. The molecule has 2 aliphatic rings. The molecule has 2 unspecified atom stereocenters. The molecule has 0 amide bonds. The van der Waals surface area contributed by atoms with Crippen molar-refractivity contribution >= 4 is 0 Å². The molecule has 106 valence electrons. The number of hydrogen-bond acceptors (Lipinski definition) is 2. The van der Waals surface area contributed by atoms with Crippen LogP contribution in [0.3, 0.4) is 0 Å². The number of rotatable bonds is 3. The second-order valence-electron chi connectivity index (χ2n) is 7.38. The molecule has 2 heteroatoms. The molecule has 0 aromatic heterocycles.